The molecule has 7 heteroatoms. The highest BCUT2D eigenvalue weighted by atomic mass is 19.1. The maximum atomic E-state index is 13.7. The van der Waals surface area contributed by atoms with Crippen molar-refractivity contribution in [3.8, 4) is 22.5 Å². The van der Waals surface area contributed by atoms with Crippen molar-refractivity contribution in [1.29, 1.82) is 0 Å². The lowest BCUT2D eigenvalue weighted by molar-refractivity contribution is 0.0664. The van der Waals surface area contributed by atoms with Crippen molar-refractivity contribution in [1.82, 2.24) is 24.7 Å². The number of carbonyl (C=O) groups excluding carboxylic acids is 1. The van der Waals surface area contributed by atoms with Crippen molar-refractivity contribution in [2.45, 2.75) is 6.54 Å². The van der Waals surface area contributed by atoms with Crippen molar-refractivity contribution in [3.05, 3.63) is 83.7 Å². The molecule has 0 radical (unpaired) electrons. The van der Waals surface area contributed by atoms with Crippen LogP contribution < -0.4 is 0 Å². The van der Waals surface area contributed by atoms with E-state index in [4.69, 9.17) is 9.97 Å². The molecular formula is C29H30FN5O. The first-order valence-electron chi connectivity index (χ1n) is 12.2. The van der Waals surface area contributed by atoms with Crippen LogP contribution in [0.5, 0.6) is 0 Å². The third-order valence-electron chi connectivity index (χ3n) is 6.52. The predicted molar refractivity (Wildman–Crippen MR) is 141 cm³/mol. The second-order valence-corrected chi connectivity index (χ2v) is 9.66. The van der Waals surface area contributed by atoms with Gasteiger partial charge in [0.05, 0.1) is 22.4 Å². The van der Waals surface area contributed by atoms with E-state index in [2.05, 4.69) is 29.0 Å². The van der Waals surface area contributed by atoms with Gasteiger partial charge in [-0.25, -0.2) is 14.4 Å². The van der Waals surface area contributed by atoms with Gasteiger partial charge in [-0.15, -0.1) is 0 Å². The van der Waals surface area contributed by atoms with Crippen LogP contribution in [0.1, 0.15) is 15.9 Å². The molecule has 3 aromatic carbocycles. The maximum Gasteiger partial charge on any atom is 0.254 e. The third kappa shape index (κ3) is 5.12. The van der Waals surface area contributed by atoms with E-state index in [1.165, 1.54) is 12.1 Å². The summed E-state index contributed by atoms with van der Waals surface area (Å²) in [6, 6.07) is 20.1. The van der Waals surface area contributed by atoms with Crippen molar-refractivity contribution in [2.75, 3.05) is 47.3 Å². The summed E-state index contributed by atoms with van der Waals surface area (Å²) in [4.78, 5) is 29.4. The summed E-state index contributed by atoms with van der Waals surface area (Å²) < 4.78 is 13.7. The minimum atomic E-state index is -0.297. The summed E-state index contributed by atoms with van der Waals surface area (Å²) in [6.07, 6.45) is 0. The molecule has 0 spiro atoms. The molecule has 36 heavy (non-hydrogen) atoms. The first-order valence-corrected chi connectivity index (χ1v) is 12.2. The monoisotopic (exact) mass is 483 g/mol. The lowest BCUT2D eigenvalue weighted by Crippen LogP contribution is -2.47. The molecule has 0 aliphatic carbocycles. The first-order chi connectivity index (χ1) is 17.4. The van der Waals surface area contributed by atoms with Gasteiger partial charge in [-0.3, -0.25) is 4.79 Å². The Morgan fingerprint density at radius 2 is 1.56 bits per heavy atom. The van der Waals surface area contributed by atoms with E-state index >= 15 is 0 Å². The first kappa shape index (κ1) is 24.0. The molecule has 6 nitrogen and oxygen atoms in total. The van der Waals surface area contributed by atoms with Gasteiger partial charge in [0.25, 0.3) is 5.91 Å². The summed E-state index contributed by atoms with van der Waals surface area (Å²) in [5.41, 5.74) is 6.23. The Kier molecular flexibility index (Phi) is 6.76. The van der Waals surface area contributed by atoms with Crippen LogP contribution in [0.3, 0.4) is 0 Å². The topological polar surface area (TPSA) is 52.6 Å². The minimum Gasteiger partial charge on any atom is -0.336 e. The Hall–Kier alpha value is -3.68. The van der Waals surface area contributed by atoms with Crippen LogP contribution >= 0.6 is 0 Å². The van der Waals surface area contributed by atoms with Crippen LogP contribution in [0.15, 0.2) is 66.7 Å². The number of halogens is 1. The summed E-state index contributed by atoms with van der Waals surface area (Å²) in [7, 11) is 6.14. The fraction of sp³-hybridized carbons (Fsp3) is 0.276. The number of rotatable bonds is 5. The lowest BCUT2D eigenvalue weighted by atomic mass is 10.0. The van der Waals surface area contributed by atoms with Gasteiger partial charge in [0.2, 0.25) is 0 Å². The van der Waals surface area contributed by atoms with Crippen molar-refractivity contribution >= 4 is 16.9 Å². The highest BCUT2D eigenvalue weighted by molar-refractivity contribution is 5.98. The average Bonchev–Trinajstić information content (AvgIpc) is 2.88. The number of fused-ring (bicyclic) bond motifs is 1. The Balaban J connectivity index is 1.61. The highest BCUT2D eigenvalue weighted by Crippen LogP contribution is 2.32. The molecule has 0 saturated carbocycles. The fourth-order valence-electron chi connectivity index (χ4n) is 4.57. The number of carbonyl (C=O) groups is 1. The molecule has 0 unspecified atom stereocenters. The fourth-order valence-corrected chi connectivity index (χ4v) is 4.57. The number of piperazine rings is 1. The molecule has 5 rings (SSSR count). The van der Waals surface area contributed by atoms with Crippen LogP contribution in [0.25, 0.3) is 33.5 Å². The highest BCUT2D eigenvalue weighted by Gasteiger charge is 2.21. The second-order valence-electron chi connectivity index (χ2n) is 9.66. The van der Waals surface area contributed by atoms with Gasteiger partial charge in [-0.1, -0.05) is 18.2 Å². The normalized spacial score (nSPS) is 14.5. The number of nitrogens with zero attached hydrogens (tertiary/aromatic N) is 5. The van der Waals surface area contributed by atoms with E-state index in [0.29, 0.717) is 41.1 Å². The second kappa shape index (κ2) is 10.1. The van der Waals surface area contributed by atoms with Crippen LogP contribution in [0.4, 0.5) is 4.39 Å². The van der Waals surface area contributed by atoms with Crippen LogP contribution in [-0.4, -0.2) is 77.9 Å². The number of hydrogen-bond donors (Lipinski definition) is 0. The van der Waals surface area contributed by atoms with Gasteiger partial charge in [0.1, 0.15) is 5.82 Å². The van der Waals surface area contributed by atoms with E-state index in [-0.39, 0.29) is 11.7 Å². The third-order valence-corrected chi connectivity index (χ3v) is 6.52. The van der Waals surface area contributed by atoms with Gasteiger partial charge in [0.15, 0.2) is 0 Å². The SMILES string of the molecule is CN(C)Cc1cccc(-c2nc3cc(C(=O)N4CCN(C)CC4)ccc3nc2-c2ccc(F)cc2)c1. The number of aromatic nitrogens is 2. The molecule has 1 aliphatic rings. The van der Waals surface area contributed by atoms with Gasteiger partial charge < -0.3 is 14.7 Å². The predicted octanol–water partition coefficient (Wildman–Crippen LogP) is 4.55. The molecule has 1 aliphatic heterocycles. The van der Waals surface area contributed by atoms with E-state index in [1.807, 2.05) is 49.3 Å². The number of amides is 1. The summed E-state index contributed by atoms with van der Waals surface area (Å²) in [5.74, 6) is -0.280. The lowest BCUT2D eigenvalue weighted by Gasteiger charge is -2.32. The summed E-state index contributed by atoms with van der Waals surface area (Å²) >= 11 is 0. The Morgan fingerprint density at radius 3 is 2.28 bits per heavy atom. The molecule has 1 aromatic heterocycles. The van der Waals surface area contributed by atoms with Crippen molar-refractivity contribution in [2.24, 2.45) is 0 Å². The van der Waals surface area contributed by atoms with Gasteiger partial charge >= 0.3 is 0 Å². The molecule has 184 valence electrons. The van der Waals surface area contributed by atoms with E-state index in [1.54, 1.807) is 12.1 Å². The van der Waals surface area contributed by atoms with Crippen molar-refractivity contribution in [3.63, 3.8) is 0 Å². The molecular weight excluding hydrogens is 453 g/mol. The number of likely N-dealkylation sites (N-methyl/N-ethyl adjacent to an activating group) is 1. The van der Waals surface area contributed by atoms with Gasteiger partial charge in [-0.05, 0) is 75.2 Å². The van der Waals surface area contributed by atoms with Crippen LogP contribution in [-0.2, 0) is 6.54 Å². The molecule has 1 amide bonds. The molecule has 0 N–H and O–H groups in total. The Morgan fingerprint density at radius 1 is 0.861 bits per heavy atom. The minimum absolute atomic E-state index is 0.0175. The molecule has 2 heterocycles. The maximum absolute atomic E-state index is 13.7. The van der Waals surface area contributed by atoms with E-state index in [9.17, 15) is 9.18 Å². The Labute approximate surface area is 211 Å². The van der Waals surface area contributed by atoms with Crippen LogP contribution in [0.2, 0.25) is 0 Å². The zero-order valence-corrected chi connectivity index (χ0v) is 20.9. The zero-order valence-electron chi connectivity index (χ0n) is 20.9. The number of benzene rings is 3. The van der Waals surface area contributed by atoms with Crippen molar-refractivity contribution < 1.29 is 9.18 Å². The molecule has 1 fully saturated rings. The molecule has 0 atom stereocenters. The Bertz CT molecular complexity index is 1390. The zero-order chi connectivity index (χ0) is 25.2. The quantitative estimate of drug-likeness (QED) is 0.417. The van der Waals surface area contributed by atoms with E-state index < -0.39 is 0 Å². The molecule has 4 aromatic rings. The van der Waals surface area contributed by atoms with Crippen LogP contribution in [0, 0.1) is 5.82 Å². The van der Waals surface area contributed by atoms with Gasteiger partial charge in [-0.2, -0.15) is 0 Å². The molecule has 1 saturated heterocycles. The van der Waals surface area contributed by atoms with E-state index in [0.717, 1.165) is 36.3 Å². The number of hydrogen-bond acceptors (Lipinski definition) is 5. The average molecular weight is 484 g/mol. The molecule has 0 bridgehead atoms. The largest absolute Gasteiger partial charge is 0.336 e. The standard InChI is InChI=1S/C29H30FN5O/c1-33(2)19-20-5-4-6-22(17-20)28-27(21-7-10-24(30)11-8-21)31-25-12-9-23(18-26(25)32-28)29(36)35-15-13-34(3)14-16-35/h4-12,17-18H,13-16,19H2,1-3H3. The smallest absolute Gasteiger partial charge is 0.254 e. The summed E-state index contributed by atoms with van der Waals surface area (Å²) in [6.45, 7) is 3.96. The summed E-state index contributed by atoms with van der Waals surface area (Å²) in [5, 5.41) is 0. The van der Waals surface area contributed by atoms with Gasteiger partial charge in [0, 0.05) is 49.4 Å².